The van der Waals surface area contributed by atoms with Crippen molar-refractivity contribution in [3.8, 4) is 28.6 Å². The highest BCUT2D eigenvalue weighted by molar-refractivity contribution is 5.82. The number of nitrogens with zero attached hydrogens (tertiary/aromatic N) is 4. The van der Waals surface area contributed by atoms with Crippen LogP contribution in [0.4, 0.5) is 0 Å². The van der Waals surface area contributed by atoms with E-state index in [2.05, 4.69) is 94.5 Å². The third-order valence-corrected chi connectivity index (χ3v) is 6.57. The lowest BCUT2D eigenvalue weighted by atomic mass is 10.0. The van der Waals surface area contributed by atoms with Gasteiger partial charge in [0, 0.05) is 51.3 Å². The molecule has 1 N–H and O–H groups in total. The van der Waals surface area contributed by atoms with Gasteiger partial charge in [0.15, 0.2) is 0 Å². The molecular weight excluding hydrogens is 406 g/mol. The van der Waals surface area contributed by atoms with Crippen LogP contribution in [0.3, 0.4) is 0 Å². The van der Waals surface area contributed by atoms with Gasteiger partial charge in [-0.3, -0.25) is 9.80 Å². The Labute approximate surface area is 195 Å². The van der Waals surface area contributed by atoms with Crippen molar-refractivity contribution in [2.24, 2.45) is 0 Å². The van der Waals surface area contributed by atoms with E-state index in [0.29, 0.717) is 6.42 Å². The molecule has 5 nitrogen and oxygen atoms in total. The van der Waals surface area contributed by atoms with E-state index >= 15 is 0 Å². The number of piperazine rings is 1. The molecule has 166 valence electrons. The first-order chi connectivity index (χ1) is 16.2. The summed E-state index contributed by atoms with van der Waals surface area (Å²) >= 11 is 0. The van der Waals surface area contributed by atoms with Gasteiger partial charge in [-0.1, -0.05) is 60.7 Å². The Morgan fingerprint density at radius 3 is 2.15 bits per heavy atom. The molecule has 4 aromatic rings. The van der Waals surface area contributed by atoms with E-state index in [1.54, 1.807) is 0 Å². The molecule has 1 aliphatic rings. The minimum absolute atomic E-state index is 0.625. The van der Waals surface area contributed by atoms with Crippen molar-refractivity contribution < 1.29 is 0 Å². The van der Waals surface area contributed by atoms with E-state index in [9.17, 15) is 0 Å². The number of rotatable bonds is 6. The van der Waals surface area contributed by atoms with Crippen LogP contribution in [-0.2, 0) is 6.54 Å². The number of nitrogens with one attached hydrogen (secondary N) is 1. The maximum Gasteiger partial charge on any atom is 0.138 e. The number of para-hydroxylation sites is 1. The van der Waals surface area contributed by atoms with Crippen LogP contribution in [0, 0.1) is 18.3 Å². The van der Waals surface area contributed by atoms with Crippen LogP contribution in [-0.4, -0.2) is 52.5 Å². The first-order valence-corrected chi connectivity index (χ1v) is 11.7. The first kappa shape index (κ1) is 21.4. The molecule has 33 heavy (non-hydrogen) atoms. The Kier molecular flexibility index (Phi) is 6.21. The summed E-state index contributed by atoms with van der Waals surface area (Å²) in [6.07, 6.45) is 0.625. The fourth-order valence-corrected chi connectivity index (χ4v) is 4.57. The van der Waals surface area contributed by atoms with Gasteiger partial charge >= 0.3 is 0 Å². The Morgan fingerprint density at radius 2 is 1.48 bits per heavy atom. The van der Waals surface area contributed by atoms with Gasteiger partial charge < -0.3 is 4.98 Å². The molecule has 1 aliphatic heterocycles. The van der Waals surface area contributed by atoms with Crippen molar-refractivity contribution >= 4 is 11.0 Å². The molecule has 3 aromatic carbocycles. The van der Waals surface area contributed by atoms with Gasteiger partial charge in [0.2, 0.25) is 0 Å². The molecular formula is C28H29N5. The summed E-state index contributed by atoms with van der Waals surface area (Å²) in [5.41, 5.74) is 8.19. The molecule has 0 bridgehead atoms. The van der Waals surface area contributed by atoms with Crippen LogP contribution in [0.5, 0.6) is 0 Å². The number of aromatic nitrogens is 2. The van der Waals surface area contributed by atoms with Crippen LogP contribution in [0.25, 0.3) is 33.5 Å². The minimum atomic E-state index is 0.625. The zero-order valence-electron chi connectivity index (χ0n) is 19.1. The number of benzene rings is 3. The zero-order valence-corrected chi connectivity index (χ0v) is 19.1. The fraction of sp³-hybridized carbons (Fsp3) is 0.286. The molecule has 5 heteroatoms. The Bertz CT molecular complexity index is 1260. The maximum atomic E-state index is 8.76. The van der Waals surface area contributed by atoms with Gasteiger partial charge in [-0.25, -0.2) is 4.98 Å². The number of hydrogen-bond acceptors (Lipinski definition) is 4. The Hall–Kier alpha value is -3.46. The van der Waals surface area contributed by atoms with Crippen LogP contribution >= 0.6 is 0 Å². The van der Waals surface area contributed by atoms with Gasteiger partial charge in [-0.15, -0.1) is 0 Å². The van der Waals surface area contributed by atoms with E-state index in [-0.39, 0.29) is 0 Å². The zero-order chi connectivity index (χ0) is 22.6. The molecule has 0 saturated carbocycles. The van der Waals surface area contributed by atoms with Gasteiger partial charge in [-0.05, 0) is 35.2 Å². The topological polar surface area (TPSA) is 59.0 Å². The van der Waals surface area contributed by atoms with Gasteiger partial charge in [-0.2, -0.15) is 5.26 Å². The fourth-order valence-electron chi connectivity index (χ4n) is 4.57. The second-order valence-electron chi connectivity index (χ2n) is 8.86. The molecule has 0 amide bonds. The molecule has 1 aromatic heterocycles. The molecule has 0 spiro atoms. The molecule has 0 atom stereocenters. The molecule has 0 unspecified atom stereocenters. The molecule has 1 saturated heterocycles. The highest BCUT2D eigenvalue weighted by Gasteiger charge is 2.16. The summed E-state index contributed by atoms with van der Waals surface area (Å²) in [5, 5.41) is 8.76. The van der Waals surface area contributed by atoms with Crippen LogP contribution in [0.2, 0.25) is 0 Å². The average molecular weight is 436 g/mol. The number of H-pyrrole nitrogens is 1. The van der Waals surface area contributed by atoms with Gasteiger partial charge in [0.1, 0.15) is 5.82 Å². The second-order valence-corrected chi connectivity index (χ2v) is 8.86. The summed E-state index contributed by atoms with van der Waals surface area (Å²) in [6.45, 7) is 8.21. The molecule has 1 fully saturated rings. The van der Waals surface area contributed by atoms with E-state index in [1.165, 1.54) is 22.3 Å². The van der Waals surface area contributed by atoms with Crippen molar-refractivity contribution in [1.29, 1.82) is 5.26 Å². The van der Waals surface area contributed by atoms with Crippen molar-refractivity contribution in [3.63, 3.8) is 0 Å². The van der Waals surface area contributed by atoms with Gasteiger partial charge in [0.05, 0.1) is 17.1 Å². The highest BCUT2D eigenvalue weighted by Crippen LogP contribution is 2.26. The van der Waals surface area contributed by atoms with Crippen LogP contribution in [0.1, 0.15) is 17.5 Å². The number of imidazole rings is 1. The summed E-state index contributed by atoms with van der Waals surface area (Å²) < 4.78 is 0. The standard InChI is InChI=1S/C28H29N5/c1-21-4-2-5-26-27(21)31-28(30-26)25-12-10-24(11-13-25)23-8-6-22(7-9-23)20-33-18-16-32(17-19-33)15-3-14-29/h2,4-13H,3,15-20H2,1H3,(H,30,31). The third kappa shape index (κ3) is 4.83. The Morgan fingerprint density at radius 1 is 0.848 bits per heavy atom. The highest BCUT2D eigenvalue weighted by atomic mass is 15.3. The molecule has 0 radical (unpaired) electrons. The minimum Gasteiger partial charge on any atom is -0.338 e. The van der Waals surface area contributed by atoms with E-state index in [0.717, 1.165) is 61.7 Å². The summed E-state index contributed by atoms with van der Waals surface area (Å²) in [4.78, 5) is 13.1. The first-order valence-electron chi connectivity index (χ1n) is 11.7. The number of hydrogen-bond donors (Lipinski definition) is 1. The summed E-state index contributed by atoms with van der Waals surface area (Å²) in [6, 6.07) is 26.0. The van der Waals surface area contributed by atoms with Crippen LogP contribution in [0.15, 0.2) is 66.7 Å². The second kappa shape index (κ2) is 9.58. The normalized spacial score (nSPS) is 15.0. The number of aryl methyl sites for hydroxylation is 1. The SMILES string of the molecule is Cc1cccc2[nH]c(-c3ccc(-c4ccc(CN5CCN(CCC#N)CC5)cc4)cc3)nc12. The molecule has 2 heterocycles. The summed E-state index contributed by atoms with van der Waals surface area (Å²) in [7, 11) is 0. The van der Waals surface area contributed by atoms with Crippen molar-refractivity contribution in [2.75, 3.05) is 32.7 Å². The monoisotopic (exact) mass is 435 g/mol. The molecule has 0 aliphatic carbocycles. The van der Waals surface area contributed by atoms with Crippen molar-refractivity contribution in [2.45, 2.75) is 19.9 Å². The lowest BCUT2D eigenvalue weighted by Gasteiger charge is -2.34. The summed E-state index contributed by atoms with van der Waals surface area (Å²) in [5.74, 6) is 0.911. The Balaban J connectivity index is 1.22. The number of nitriles is 1. The smallest absolute Gasteiger partial charge is 0.138 e. The van der Waals surface area contributed by atoms with Gasteiger partial charge in [0.25, 0.3) is 0 Å². The van der Waals surface area contributed by atoms with Crippen molar-refractivity contribution in [3.05, 3.63) is 77.9 Å². The molecule has 5 rings (SSSR count). The lowest BCUT2D eigenvalue weighted by molar-refractivity contribution is 0.129. The predicted molar refractivity (Wildman–Crippen MR) is 134 cm³/mol. The third-order valence-electron chi connectivity index (χ3n) is 6.57. The lowest BCUT2D eigenvalue weighted by Crippen LogP contribution is -2.46. The largest absolute Gasteiger partial charge is 0.338 e. The van der Waals surface area contributed by atoms with Crippen LogP contribution < -0.4 is 0 Å². The van der Waals surface area contributed by atoms with Crippen molar-refractivity contribution in [1.82, 2.24) is 19.8 Å². The van der Waals surface area contributed by atoms with E-state index in [1.807, 2.05) is 0 Å². The number of fused-ring (bicyclic) bond motifs is 1. The average Bonchev–Trinajstić information content (AvgIpc) is 3.30. The predicted octanol–water partition coefficient (Wildman–Crippen LogP) is 5.24. The van der Waals surface area contributed by atoms with E-state index < -0.39 is 0 Å². The van der Waals surface area contributed by atoms with E-state index in [4.69, 9.17) is 10.2 Å². The quantitative estimate of drug-likeness (QED) is 0.450. The maximum absolute atomic E-state index is 8.76. The number of aromatic amines is 1.